The Morgan fingerprint density at radius 1 is 1.00 bits per heavy atom. The number of aliphatic hydroxyl groups excluding tert-OH is 1. The molecule has 0 bridgehead atoms. The van der Waals surface area contributed by atoms with E-state index in [4.69, 9.17) is 9.47 Å². The minimum atomic E-state index is -0.926. The lowest BCUT2D eigenvalue weighted by atomic mass is 9.95. The second kappa shape index (κ2) is 10.8. The molecular weight excluding hydrogens is 544 g/mol. The van der Waals surface area contributed by atoms with Crippen LogP contribution >= 0.6 is 15.9 Å². The van der Waals surface area contributed by atoms with Gasteiger partial charge in [0.1, 0.15) is 5.76 Å². The number of likely N-dealkylation sites (tertiary alicyclic amines) is 1. The number of carbonyl (C=O) groups excluding carboxylic acids is 2. The Kier molecular flexibility index (Phi) is 7.58. The first-order valence-electron chi connectivity index (χ1n) is 11.2. The lowest BCUT2D eigenvalue weighted by Crippen LogP contribution is -2.31. The summed E-state index contributed by atoms with van der Waals surface area (Å²) in [4.78, 5) is 38.4. The van der Waals surface area contributed by atoms with E-state index in [1.165, 1.54) is 43.4 Å². The zero-order valence-corrected chi connectivity index (χ0v) is 21.6. The number of nitro benzene ring substituents is 1. The summed E-state index contributed by atoms with van der Waals surface area (Å²) in [5, 5.41) is 22.3. The van der Waals surface area contributed by atoms with Crippen LogP contribution in [-0.2, 0) is 16.0 Å². The molecule has 3 aromatic carbocycles. The summed E-state index contributed by atoms with van der Waals surface area (Å²) in [6.45, 7) is 0.152. The third kappa shape index (κ3) is 5.19. The van der Waals surface area contributed by atoms with E-state index in [1.807, 2.05) is 6.07 Å². The predicted octanol–water partition coefficient (Wildman–Crippen LogP) is 5.04. The Balaban J connectivity index is 1.75. The summed E-state index contributed by atoms with van der Waals surface area (Å²) < 4.78 is 11.4. The normalized spacial score (nSPS) is 16.6. The fourth-order valence-corrected chi connectivity index (χ4v) is 4.55. The second-order valence-electron chi connectivity index (χ2n) is 8.29. The van der Waals surface area contributed by atoms with Gasteiger partial charge in [-0.3, -0.25) is 19.7 Å². The lowest BCUT2D eigenvalue weighted by Gasteiger charge is -2.25. The number of hydrogen-bond acceptors (Lipinski definition) is 7. The summed E-state index contributed by atoms with van der Waals surface area (Å²) in [6.07, 6.45) is 0.384. The molecule has 1 N–H and O–H groups in total. The van der Waals surface area contributed by atoms with Gasteiger partial charge in [-0.05, 0) is 53.9 Å². The zero-order chi connectivity index (χ0) is 26.7. The highest BCUT2D eigenvalue weighted by Gasteiger charge is 2.46. The number of amides is 1. The van der Waals surface area contributed by atoms with Crippen molar-refractivity contribution in [2.24, 2.45) is 0 Å². The van der Waals surface area contributed by atoms with Gasteiger partial charge in [-0.1, -0.05) is 34.1 Å². The highest BCUT2D eigenvalue weighted by Crippen LogP contribution is 2.40. The van der Waals surface area contributed by atoms with Crippen LogP contribution in [-0.4, -0.2) is 47.4 Å². The van der Waals surface area contributed by atoms with Gasteiger partial charge in [-0.2, -0.15) is 0 Å². The minimum absolute atomic E-state index is 0.0755. The van der Waals surface area contributed by atoms with Crippen LogP contribution in [0.25, 0.3) is 5.76 Å². The largest absolute Gasteiger partial charge is 0.507 e. The second-order valence-corrected chi connectivity index (χ2v) is 9.20. The summed E-state index contributed by atoms with van der Waals surface area (Å²) in [7, 11) is 3.06. The number of aliphatic hydroxyl groups is 1. The maximum Gasteiger partial charge on any atom is 0.295 e. The smallest absolute Gasteiger partial charge is 0.295 e. The van der Waals surface area contributed by atoms with Crippen molar-refractivity contribution < 1.29 is 29.1 Å². The fraction of sp³-hybridized carbons (Fsp3) is 0.185. The molecule has 3 aromatic rings. The molecule has 9 nitrogen and oxygen atoms in total. The molecule has 0 aliphatic carbocycles. The van der Waals surface area contributed by atoms with Gasteiger partial charge in [0, 0.05) is 28.7 Å². The molecule has 0 aromatic heterocycles. The predicted molar refractivity (Wildman–Crippen MR) is 139 cm³/mol. The molecule has 1 saturated heterocycles. The van der Waals surface area contributed by atoms with E-state index >= 15 is 0 Å². The van der Waals surface area contributed by atoms with Gasteiger partial charge >= 0.3 is 0 Å². The topological polar surface area (TPSA) is 119 Å². The molecule has 0 radical (unpaired) electrons. The number of Topliss-reactive ketones (excluding diaryl/α,β-unsaturated/α-hetero) is 1. The molecule has 37 heavy (non-hydrogen) atoms. The van der Waals surface area contributed by atoms with E-state index in [2.05, 4.69) is 15.9 Å². The average Bonchev–Trinajstić information content (AvgIpc) is 3.16. The summed E-state index contributed by atoms with van der Waals surface area (Å²) in [5.41, 5.74) is 1.48. The Bertz CT molecular complexity index is 1380. The van der Waals surface area contributed by atoms with Gasteiger partial charge in [0.2, 0.25) is 0 Å². The molecule has 1 amide bonds. The van der Waals surface area contributed by atoms with Crippen LogP contribution < -0.4 is 9.47 Å². The molecule has 10 heteroatoms. The molecular formula is C27H23BrN2O7. The number of hydrogen-bond donors (Lipinski definition) is 1. The molecule has 0 spiro atoms. The fourth-order valence-electron chi connectivity index (χ4n) is 4.28. The maximum absolute atomic E-state index is 13.2. The third-order valence-electron chi connectivity index (χ3n) is 6.17. The lowest BCUT2D eigenvalue weighted by molar-refractivity contribution is -0.384. The number of non-ortho nitro benzene ring substituents is 1. The Hall–Kier alpha value is -4.18. The summed E-state index contributed by atoms with van der Waals surface area (Å²) in [5.74, 6) is -0.808. The van der Waals surface area contributed by atoms with Gasteiger partial charge in [0.25, 0.3) is 17.4 Å². The van der Waals surface area contributed by atoms with Gasteiger partial charge < -0.3 is 19.5 Å². The van der Waals surface area contributed by atoms with Crippen LogP contribution in [0.4, 0.5) is 5.69 Å². The number of nitro groups is 1. The first-order valence-corrected chi connectivity index (χ1v) is 12.0. The van der Waals surface area contributed by atoms with Crippen molar-refractivity contribution in [3.8, 4) is 11.5 Å². The molecule has 190 valence electrons. The van der Waals surface area contributed by atoms with Crippen LogP contribution in [0, 0.1) is 10.1 Å². The standard InChI is InChI=1S/C27H23BrN2O7/c1-36-21-12-3-16(15-22(21)37-2)13-14-29-24(17-6-10-20(11-7-17)30(34)35)23(26(32)27(29)33)25(31)18-4-8-19(28)9-5-18/h3-12,15,24,31H,13-14H2,1-2H3/b25-23+. The number of carbonyl (C=O) groups is 2. The first kappa shape index (κ1) is 25.9. The number of ketones is 1. The minimum Gasteiger partial charge on any atom is -0.507 e. The number of nitrogens with zero attached hydrogens (tertiary/aromatic N) is 2. The van der Waals surface area contributed by atoms with Gasteiger partial charge in [-0.25, -0.2) is 0 Å². The van der Waals surface area contributed by atoms with E-state index in [-0.39, 0.29) is 23.6 Å². The van der Waals surface area contributed by atoms with Crippen molar-refractivity contribution in [2.45, 2.75) is 12.5 Å². The van der Waals surface area contributed by atoms with Gasteiger partial charge in [-0.15, -0.1) is 0 Å². The van der Waals surface area contributed by atoms with Crippen LogP contribution in [0.1, 0.15) is 22.7 Å². The van der Waals surface area contributed by atoms with Gasteiger partial charge in [0.15, 0.2) is 11.5 Å². The number of halogens is 1. The first-order chi connectivity index (χ1) is 17.7. The molecule has 0 saturated carbocycles. The quantitative estimate of drug-likeness (QED) is 0.133. The molecule has 1 fully saturated rings. The van der Waals surface area contributed by atoms with Crippen molar-refractivity contribution >= 4 is 39.1 Å². The molecule has 1 aliphatic rings. The van der Waals surface area contributed by atoms with Crippen molar-refractivity contribution in [2.75, 3.05) is 20.8 Å². The van der Waals surface area contributed by atoms with Crippen LogP contribution in [0.2, 0.25) is 0 Å². The average molecular weight is 567 g/mol. The third-order valence-corrected chi connectivity index (χ3v) is 6.70. The van der Waals surface area contributed by atoms with Crippen molar-refractivity contribution in [1.82, 2.24) is 4.90 Å². The van der Waals surface area contributed by atoms with Crippen LogP contribution in [0.5, 0.6) is 11.5 Å². The molecule has 1 heterocycles. The SMILES string of the molecule is COc1ccc(CCN2C(=O)C(=O)/C(=C(/O)c3ccc(Br)cc3)C2c2ccc([N+](=O)[O-])cc2)cc1OC. The van der Waals surface area contributed by atoms with E-state index in [1.54, 1.807) is 36.4 Å². The summed E-state index contributed by atoms with van der Waals surface area (Å²) >= 11 is 3.34. The highest BCUT2D eigenvalue weighted by atomic mass is 79.9. The molecule has 1 aliphatic heterocycles. The Morgan fingerprint density at radius 3 is 2.24 bits per heavy atom. The molecule has 1 atom stereocenters. The Morgan fingerprint density at radius 2 is 1.65 bits per heavy atom. The monoisotopic (exact) mass is 566 g/mol. The van der Waals surface area contributed by atoms with Crippen molar-refractivity contribution in [1.29, 1.82) is 0 Å². The number of ether oxygens (including phenoxy) is 2. The molecule has 1 unspecified atom stereocenters. The van der Waals surface area contributed by atoms with E-state index in [9.17, 15) is 24.8 Å². The van der Waals surface area contributed by atoms with Crippen LogP contribution in [0.15, 0.2) is 76.8 Å². The van der Waals surface area contributed by atoms with Crippen LogP contribution in [0.3, 0.4) is 0 Å². The van der Waals surface area contributed by atoms with E-state index in [0.717, 1.165) is 10.0 Å². The molecule has 4 rings (SSSR count). The number of benzene rings is 3. The number of methoxy groups -OCH3 is 2. The van der Waals surface area contributed by atoms with Gasteiger partial charge in [0.05, 0.1) is 30.8 Å². The van der Waals surface area contributed by atoms with Crippen molar-refractivity contribution in [3.63, 3.8) is 0 Å². The van der Waals surface area contributed by atoms with E-state index < -0.39 is 22.7 Å². The zero-order valence-electron chi connectivity index (χ0n) is 20.0. The van der Waals surface area contributed by atoms with Crippen molar-refractivity contribution in [3.05, 3.63) is 104 Å². The highest BCUT2D eigenvalue weighted by molar-refractivity contribution is 9.10. The van der Waals surface area contributed by atoms with E-state index in [0.29, 0.717) is 29.0 Å². The number of rotatable bonds is 8. The Labute approximate surface area is 221 Å². The maximum atomic E-state index is 13.2. The summed E-state index contributed by atoms with van der Waals surface area (Å²) in [6, 6.07) is 16.7.